The number of hydrogen-bond donors (Lipinski definition) is 2. The summed E-state index contributed by atoms with van der Waals surface area (Å²) in [6.07, 6.45) is 4.52. The van der Waals surface area contributed by atoms with E-state index in [0.717, 1.165) is 32.1 Å². The Morgan fingerprint density at radius 1 is 1.15 bits per heavy atom. The van der Waals surface area contributed by atoms with E-state index in [0.29, 0.717) is 5.69 Å². The second-order valence-electron chi connectivity index (χ2n) is 8.48. The van der Waals surface area contributed by atoms with Crippen molar-refractivity contribution < 1.29 is 14.0 Å². The van der Waals surface area contributed by atoms with E-state index >= 15 is 0 Å². The maximum atomic E-state index is 13.4. The molecule has 26 heavy (non-hydrogen) atoms. The molecular weight excluding hydrogens is 333 g/mol. The highest BCUT2D eigenvalue weighted by Gasteiger charge is 2.41. The summed E-state index contributed by atoms with van der Waals surface area (Å²) >= 11 is 0. The fraction of sp³-hybridized carbons (Fsp3) is 0.600. The minimum Gasteiger partial charge on any atom is -0.353 e. The number of halogens is 1. The van der Waals surface area contributed by atoms with E-state index in [2.05, 4.69) is 10.6 Å². The van der Waals surface area contributed by atoms with Gasteiger partial charge in [-0.1, -0.05) is 26.8 Å². The number of amides is 3. The summed E-state index contributed by atoms with van der Waals surface area (Å²) < 4.78 is 13.4. The van der Waals surface area contributed by atoms with Crippen LogP contribution in [0.2, 0.25) is 0 Å². The van der Waals surface area contributed by atoms with Crippen LogP contribution >= 0.6 is 0 Å². The summed E-state index contributed by atoms with van der Waals surface area (Å²) in [5.74, 6) is -0.315. The summed E-state index contributed by atoms with van der Waals surface area (Å²) in [4.78, 5) is 27.0. The van der Waals surface area contributed by atoms with Gasteiger partial charge in [-0.3, -0.25) is 4.79 Å². The summed E-state index contributed by atoms with van der Waals surface area (Å²) in [7, 11) is 0. The molecule has 2 aliphatic heterocycles. The fourth-order valence-electron chi connectivity index (χ4n) is 3.99. The van der Waals surface area contributed by atoms with Gasteiger partial charge in [0.2, 0.25) is 5.91 Å². The first-order chi connectivity index (χ1) is 12.2. The minimum atomic E-state index is -0.416. The molecule has 2 fully saturated rings. The van der Waals surface area contributed by atoms with Crippen LogP contribution in [0.1, 0.15) is 52.9 Å². The van der Waals surface area contributed by atoms with Gasteiger partial charge in [-0.05, 0) is 50.3 Å². The van der Waals surface area contributed by atoms with Gasteiger partial charge in [0.1, 0.15) is 5.82 Å². The molecule has 0 radical (unpaired) electrons. The normalized spacial score (nSPS) is 25.5. The predicted octanol–water partition coefficient (Wildman–Crippen LogP) is 3.91. The smallest absolute Gasteiger partial charge is 0.322 e. The molecule has 3 amide bonds. The molecule has 2 aliphatic rings. The first-order valence-electron chi connectivity index (χ1n) is 9.40. The molecule has 2 saturated heterocycles. The van der Waals surface area contributed by atoms with Crippen molar-refractivity contribution in [1.29, 1.82) is 0 Å². The number of anilines is 1. The van der Waals surface area contributed by atoms with Gasteiger partial charge in [0.05, 0.1) is 0 Å². The molecule has 1 aromatic carbocycles. The minimum absolute atomic E-state index is 0.0539. The Hall–Kier alpha value is -2.11. The molecular formula is C20H28FN3O2. The van der Waals surface area contributed by atoms with Crippen molar-refractivity contribution >= 4 is 17.6 Å². The Morgan fingerprint density at radius 3 is 2.38 bits per heavy atom. The van der Waals surface area contributed by atoms with Crippen LogP contribution in [-0.4, -0.2) is 35.0 Å². The van der Waals surface area contributed by atoms with Crippen molar-refractivity contribution in [3.8, 4) is 0 Å². The van der Waals surface area contributed by atoms with Crippen LogP contribution in [0.4, 0.5) is 14.9 Å². The van der Waals surface area contributed by atoms with Crippen LogP contribution in [0.15, 0.2) is 24.3 Å². The van der Waals surface area contributed by atoms with Crippen molar-refractivity contribution in [3.63, 3.8) is 0 Å². The van der Waals surface area contributed by atoms with Gasteiger partial charge < -0.3 is 15.5 Å². The number of urea groups is 1. The van der Waals surface area contributed by atoms with Crippen molar-refractivity contribution in [1.82, 2.24) is 10.2 Å². The molecule has 3 rings (SSSR count). The topological polar surface area (TPSA) is 61.4 Å². The number of fused-ring (bicyclic) bond motifs is 2. The van der Waals surface area contributed by atoms with Crippen molar-refractivity contribution in [3.05, 3.63) is 30.1 Å². The van der Waals surface area contributed by atoms with Gasteiger partial charge in [-0.25, -0.2) is 9.18 Å². The molecule has 0 aliphatic carbocycles. The van der Waals surface area contributed by atoms with Crippen molar-refractivity contribution in [2.45, 2.75) is 71.0 Å². The molecule has 2 heterocycles. The third-order valence-corrected chi connectivity index (χ3v) is 5.30. The summed E-state index contributed by atoms with van der Waals surface area (Å²) in [6.45, 7) is 5.72. The monoisotopic (exact) mass is 361 g/mol. The Labute approximate surface area is 154 Å². The van der Waals surface area contributed by atoms with Crippen LogP contribution in [0.5, 0.6) is 0 Å². The number of hydrogen-bond acceptors (Lipinski definition) is 2. The SMILES string of the molecule is CC(C)(C)C(=O)NC1C[C@H]2CCC[C@H](C1)N2C(=O)Nc1cccc(F)c1. The highest BCUT2D eigenvalue weighted by Crippen LogP contribution is 2.35. The fourth-order valence-corrected chi connectivity index (χ4v) is 3.99. The van der Waals surface area contributed by atoms with Gasteiger partial charge in [-0.15, -0.1) is 0 Å². The molecule has 0 saturated carbocycles. The average Bonchev–Trinajstić information content (AvgIpc) is 2.53. The predicted molar refractivity (Wildman–Crippen MR) is 99.3 cm³/mol. The second-order valence-corrected chi connectivity index (χ2v) is 8.48. The van der Waals surface area contributed by atoms with E-state index in [4.69, 9.17) is 0 Å². The zero-order valence-corrected chi connectivity index (χ0v) is 15.7. The van der Waals surface area contributed by atoms with E-state index in [9.17, 15) is 14.0 Å². The van der Waals surface area contributed by atoms with E-state index < -0.39 is 5.41 Å². The lowest BCUT2D eigenvalue weighted by Gasteiger charge is -2.49. The maximum Gasteiger partial charge on any atom is 0.322 e. The molecule has 2 atom stereocenters. The molecule has 0 unspecified atom stereocenters. The van der Waals surface area contributed by atoms with Crippen molar-refractivity contribution in [2.24, 2.45) is 5.41 Å². The Bertz CT molecular complexity index is 672. The molecule has 0 aromatic heterocycles. The molecule has 0 spiro atoms. The van der Waals surface area contributed by atoms with E-state index in [1.165, 1.54) is 12.1 Å². The largest absolute Gasteiger partial charge is 0.353 e. The number of piperidine rings is 2. The summed E-state index contributed by atoms with van der Waals surface area (Å²) in [5.41, 5.74) is 0.0531. The van der Waals surface area contributed by atoms with Gasteiger partial charge in [0.25, 0.3) is 0 Å². The number of nitrogens with zero attached hydrogens (tertiary/aromatic N) is 1. The number of carbonyl (C=O) groups excluding carboxylic acids is 2. The van der Waals surface area contributed by atoms with Crippen LogP contribution in [0, 0.1) is 11.2 Å². The summed E-state index contributed by atoms with van der Waals surface area (Å²) in [6, 6.07) is 6.11. The van der Waals surface area contributed by atoms with Gasteiger partial charge >= 0.3 is 6.03 Å². The lowest BCUT2D eigenvalue weighted by atomic mass is 9.81. The maximum absolute atomic E-state index is 13.4. The van der Waals surface area contributed by atoms with Gasteiger partial charge in [0.15, 0.2) is 0 Å². The third kappa shape index (κ3) is 4.17. The lowest BCUT2D eigenvalue weighted by Crippen LogP contribution is -2.60. The quantitative estimate of drug-likeness (QED) is 0.839. The zero-order chi connectivity index (χ0) is 18.9. The van der Waals surface area contributed by atoms with Crippen molar-refractivity contribution in [2.75, 3.05) is 5.32 Å². The standard InChI is InChI=1S/C20H28FN3O2/c1-20(2,3)18(25)22-15-11-16-8-5-9-17(12-15)24(16)19(26)23-14-7-4-6-13(21)10-14/h4,6-7,10,15-17H,5,8-9,11-12H2,1-3H3,(H,22,25)(H,23,26)/t16-,17-/m1/s1. The molecule has 1 aromatic rings. The number of benzene rings is 1. The van der Waals surface area contributed by atoms with E-state index in [1.807, 2.05) is 25.7 Å². The molecule has 2 N–H and O–H groups in total. The molecule has 6 heteroatoms. The molecule has 142 valence electrons. The van der Waals surface area contributed by atoms with Crippen LogP contribution < -0.4 is 10.6 Å². The highest BCUT2D eigenvalue weighted by atomic mass is 19.1. The van der Waals surface area contributed by atoms with Gasteiger partial charge in [0, 0.05) is 29.2 Å². The first-order valence-corrected chi connectivity index (χ1v) is 9.40. The summed E-state index contributed by atoms with van der Waals surface area (Å²) in [5, 5.41) is 5.98. The van der Waals surface area contributed by atoms with Crippen LogP contribution in [0.3, 0.4) is 0 Å². The lowest BCUT2D eigenvalue weighted by molar-refractivity contribution is -0.129. The number of nitrogens with one attached hydrogen (secondary N) is 2. The second kappa shape index (κ2) is 7.25. The van der Waals surface area contributed by atoms with Crippen LogP contribution in [-0.2, 0) is 4.79 Å². The third-order valence-electron chi connectivity index (χ3n) is 5.30. The Morgan fingerprint density at radius 2 is 1.81 bits per heavy atom. The van der Waals surface area contributed by atoms with E-state index in [-0.39, 0.29) is 35.9 Å². The molecule has 5 nitrogen and oxygen atoms in total. The Kier molecular flexibility index (Phi) is 5.21. The number of rotatable bonds is 2. The van der Waals surface area contributed by atoms with Gasteiger partial charge in [-0.2, -0.15) is 0 Å². The zero-order valence-electron chi connectivity index (χ0n) is 15.7. The first kappa shape index (κ1) is 18.7. The highest BCUT2D eigenvalue weighted by molar-refractivity contribution is 5.90. The van der Waals surface area contributed by atoms with Crippen LogP contribution in [0.25, 0.3) is 0 Å². The van der Waals surface area contributed by atoms with E-state index in [1.54, 1.807) is 12.1 Å². The number of carbonyl (C=O) groups is 2. The average molecular weight is 361 g/mol. The molecule has 2 bridgehead atoms. The Balaban J connectivity index is 1.67.